The fourth-order valence-electron chi connectivity index (χ4n) is 1.40. The lowest BCUT2D eigenvalue weighted by molar-refractivity contribution is 0.164. The zero-order chi connectivity index (χ0) is 10.7. The topological polar surface area (TPSA) is 70.0 Å². The Morgan fingerprint density at radius 3 is 2.64 bits per heavy atom. The highest BCUT2D eigenvalue weighted by Gasteiger charge is 2.15. The number of hydrogen-bond acceptors (Lipinski definition) is 3. The van der Waals surface area contributed by atoms with E-state index in [0.29, 0.717) is 5.56 Å². The maximum Gasteiger partial charge on any atom is 0.0994 e. The third kappa shape index (κ3) is 1.92. The van der Waals surface area contributed by atoms with E-state index in [0.717, 1.165) is 11.1 Å². The van der Waals surface area contributed by atoms with E-state index in [9.17, 15) is 5.11 Å². The van der Waals surface area contributed by atoms with Crippen LogP contribution in [-0.4, -0.2) is 11.2 Å². The Morgan fingerprint density at radius 2 is 2.14 bits per heavy atom. The summed E-state index contributed by atoms with van der Waals surface area (Å²) >= 11 is 0. The lowest BCUT2D eigenvalue weighted by Gasteiger charge is -2.17. The third-order valence-electron chi connectivity index (χ3n) is 2.37. The third-order valence-corrected chi connectivity index (χ3v) is 2.37. The van der Waals surface area contributed by atoms with Crippen molar-refractivity contribution in [1.82, 2.24) is 0 Å². The lowest BCUT2D eigenvalue weighted by Crippen LogP contribution is -2.24. The van der Waals surface area contributed by atoms with Crippen LogP contribution in [0.1, 0.15) is 29.7 Å². The molecule has 14 heavy (non-hydrogen) atoms. The first kappa shape index (κ1) is 10.7. The van der Waals surface area contributed by atoms with Crippen LogP contribution in [0, 0.1) is 18.3 Å². The van der Waals surface area contributed by atoms with Crippen LogP contribution in [0.4, 0.5) is 0 Å². The average Bonchev–Trinajstić information content (AvgIpc) is 2.17. The van der Waals surface area contributed by atoms with Gasteiger partial charge in [-0.05, 0) is 31.0 Å². The van der Waals surface area contributed by atoms with E-state index in [2.05, 4.69) is 6.07 Å². The largest absolute Gasteiger partial charge is 0.391 e. The number of nitrogens with two attached hydrogens (primary N) is 1. The van der Waals surface area contributed by atoms with Gasteiger partial charge in [-0.1, -0.05) is 12.1 Å². The van der Waals surface area contributed by atoms with Crippen molar-refractivity contribution in [2.24, 2.45) is 5.73 Å². The molecule has 3 N–H and O–H groups in total. The van der Waals surface area contributed by atoms with Crippen LogP contribution in [0.3, 0.4) is 0 Å². The Labute approximate surface area is 83.8 Å². The summed E-state index contributed by atoms with van der Waals surface area (Å²) in [5.74, 6) is 0. The molecule has 0 spiro atoms. The summed E-state index contributed by atoms with van der Waals surface area (Å²) in [7, 11) is 0. The van der Waals surface area contributed by atoms with Gasteiger partial charge < -0.3 is 10.8 Å². The van der Waals surface area contributed by atoms with Crippen LogP contribution < -0.4 is 5.73 Å². The number of aliphatic hydroxyl groups is 1. The normalized spacial score (nSPS) is 14.5. The fraction of sp³-hybridized carbons (Fsp3) is 0.364. The zero-order valence-electron chi connectivity index (χ0n) is 8.36. The number of rotatable bonds is 2. The second kappa shape index (κ2) is 4.23. The monoisotopic (exact) mass is 190 g/mol. The minimum atomic E-state index is -0.609. The molecule has 2 atom stereocenters. The molecule has 0 amide bonds. The summed E-state index contributed by atoms with van der Waals surface area (Å²) in [6.07, 6.45) is -0.609. The molecule has 0 heterocycles. The Kier molecular flexibility index (Phi) is 3.23. The number of nitrogens with zero attached hydrogens (tertiary/aromatic N) is 1. The first-order chi connectivity index (χ1) is 6.57. The maximum absolute atomic E-state index is 9.35. The fourth-order valence-corrected chi connectivity index (χ4v) is 1.40. The molecule has 0 aliphatic heterocycles. The molecular weight excluding hydrogens is 176 g/mol. The van der Waals surface area contributed by atoms with E-state index in [4.69, 9.17) is 11.0 Å². The summed E-state index contributed by atoms with van der Waals surface area (Å²) in [6.45, 7) is 3.49. The molecule has 74 valence electrons. The quantitative estimate of drug-likeness (QED) is 0.737. The molecule has 1 aromatic rings. The van der Waals surface area contributed by atoms with Crippen LogP contribution in [0.5, 0.6) is 0 Å². The highest BCUT2D eigenvalue weighted by atomic mass is 16.3. The van der Waals surface area contributed by atoms with Crippen molar-refractivity contribution in [2.75, 3.05) is 0 Å². The van der Waals surface area contributed by atoms with Gasteiger partial charge in [0.25, 0.3) is 0 Å². The molecule has 0 aliphatic carbocycles. The molecule has 1 aromatic carbocycles. The number of nitriles is 1. The number of hydrogen-bond donors (Lipinski definition) is 2. The first-order valence-corrected chi connectivity index (χ1v) is 4.51. The molecule has 0 bridgehead atoms. The zero-order valence-corrected chi connectivity index (χ0v) is 8.36. The van der Waals surface area contributed by atoms with Crippen molar-refractivity contribution in [3.05, 3.63) is 34.9 Å². The second-order valence-electron chi connectivity index (χ2n) is 3.40. The summed E-state index contributed by atoms with van der Waals surface area (Å²) in [5, 5.41) is 18.2. The minimum absolute atomic E-state index is 0.428. The van der Waals surface area contributed by atoms with E-state index in [-0.39, 0.29) is 0 Å². The maximum atomic E-state index is 9.35. The Morgan fingerprint density at radius 1 is 1.50 bits per heavy atom. The van der Waals surface area contributed by atoms with Crippen molar-refractivity contribution >= 4 is 0 Å². The molecule has 3 nitrogen and oxygen atoms in total. The van der Waals surface area contributed by atoms with Crippen molar-refractivity contribution in [1.29, 1.82) is 5.26 Å². The predicted molar refractivity (Wildman–Crippen MR) is 54.5 cm³/mol. The summed E-state index contributed by atoms with van der Waals surface area (Å²) in [5.41, 5.74) is 8.10. The van der Waals surface area contributed by atoms with Gasteiger partial charge in [-0.25, -0.2) is 0 Å². The lowest BCUT2D eigenvalue weighted by atomic mass is 9.95. The Hall–Kier alpha value is -1.37. The van der Waals surface area contributed by atoms with Crippen LogP contribution in [-0.2, 0) is 0 Å². The molecular formula is C11H14N2O. The van der Waals surface area contributed by atoms with Crippen molar-refractivity contribution < 1.29 is 5.11 Å². The summed E-state index contributed by atoms with van der Waals surface area (Å²) in [6, 6.07) is 7.03. The smallest absolute Gasteiger partial charge is 0.0994 e. The standard InChI is InChI=1S/C11H14N2O/c1-7-9(6-12)4-3-5-10(7)11(13)8(2)14/h3-5,8,11,14H,13H2,1-2H3/t8-,11+/m1/s1. The Bertz CT molecular complexity index is 366. The summed E-state index contributed by atoms with van der Waals surface area (Å²) < 4.78 is 0. The molecule has 0 saturated carbocycles. The second-order valence-corrected chi connectivity index (χ2v) is 3.40. The van der Waals surface area contributed by atoms with Gasteiger partial charge in [0.15, 0.2) is 0 Å². The van der Waals surface area contributed by atoms with E-state index in [1.54, 1.807) is 19.1 Å². The van der Waals surface area contributed by atoms with Crippen molar-refractivity contribution in [3.8, 4) is 6.07 Å². The summed E-state index contributed by atoms with van der Waals surface area (Å²) in [4.78, 5) is 0. The van der Waals surface area contributed by atoms with E-state index < -0.39 is 12.1 Å². The van der Waals surface area contributed by atoms with E-state index >= 15 is 0 Å². The van der Waals surface area contributed by atoms with Gasteiger partial charge in [-0.15, -0.1) is 0 Å². The van der Waals surface area contributed by atoms with Gasteiger partial charge in [0.2, 0.25) is 0 Å². The van der Waals surface area contributed by atoms with Crippen LogP contribution in [0.2, 0.25) is 0 Å². The van der Waals surface area contributed by atoms with Gasteiger partial charge in [0.1, 0.15) is 0 Å². The average molecular weight is 190 g/mol. The Balaban J connectivity index is 3.17. The molecule has 1 rings (SSSR count). The number of aliphatic hydroxyl groups excluding tert-OH is 1. The first-order valence-electron chi connectivity index (χ1n) is 4.51. The molecule has 0 fully saturated rings. The molecule has 0 aromatic heterocycles. The van der Waals surface area contributed by atoms with Gasteiger partial charge in [0.05, 0.1) is 23.8 Å². The number of benzene rings is 1. The van der Waals surface area contributed by atoms with Crippen LogP contribution >= 0.6 is 0 Å². The van der Waals surface area contributed by atoms with Crippen molar-refractivity contribution in [2.45, 2.75) is 26.0 Å². The van der Waals surface area contributed by atoms with Crippen LogP contribution in [0.25, 0.3) is 0 Å². The van der Waals surface area contributed by atoms with E-state index in [1.165, 1.54) is 0 Å². The molecule has 3 heteroatoms. The van der Waals surface area contributed by atoms with E-state index in [1.807, 2.05) is 13.0 Å². The molecule has 0 aliphatic rings. The van der Waals surface area contributed by atoms with Gasteiger partial charge in [0, 0.05) is 0 Å². The minimum Gasteiger partial charge on any atom is -0.391 e. The highest BCUT2D eigenvalue weighted by molar-refractivity contribution is 5.43. The predicted octanol–water partition coefficient (Wildman–Crippen LogP) is 1.25. The highest BCUT2D eigenvalue weighted by Crippen LogP contribution is 2.20. The molecule has 0 saturated heterocycles. The van der Waals surface area contributed by atoms with Gasteiger partial charge in [-0.2, -0.15) is 5.26 Å². The molecule has 0 unspecified atom stereocenters. The van der Waals surface area contributed by atoms with Crippen molar-refractivity contribution in [3.63, 3.8) is 0 Å². The van der Waals surface area contributed by atoms with Gasteiger partial charge >= 0.3 is 0 Å². The SMILES string of the molecule is Cc1c(C#N)cccc1[C@@H](N)[C@@H](C)O. The van der Waals surface area contributed by atoms with Gasteiger partial charge in [-0.3, -0.25) is 0 Å². The van der Waals surface area contributed by atoms with Crippen LogP contribution in [0.15, 0.2) is 18.2 Å². The molecule has 0 radical (unpaired) electrons.